The molecule has 0 aliphatic heterocycles. The molecule has 1 aromatic rings. The van der Waals surface area contributed by atoms with E-state index in [-0.39, 0.29) is 0 Å². The average Bonchev–Trinajstić information content (AvgIpc) is 1.97. The summed E-state index contributed by atoms with van der Waals surface area (Å²) in [7, 11) is 1.31. The second-order valence-electron chi connectivity index (χ2n) is 2.45. The smallest absolute Gasteiger partial charge is 0.0172 e. The van der Waals surface area contributed by atoms with Crippen molar-refractivity contribution in [1.29, 1.82) is 0 Å². The van der Waals surface area contributed by atoms with Crippen molar-refractivity contribution in [3.8, 4) is 0 Å². The first kappa shape index (κ1) is 9.98. The molecule has 0 N–H and O–H groups in total. The van der Waals surface area contributed by atoms with Crippen LogP contribution < -0.4 is 0 Å². The number of rotatable bonds is 2. The monoisotopic (exact) mass is 388 g/mol. The topological polar surface area (TPSA) is 0 Å². The van der Waals surface area contributed by atoms with Gasteiger partial charge in [0, 0.05) is 17.4 Å². The van der Waals surface area contributed by atoms with E-state index in [1.807, 2.05) is 0 Å². The fraction of sp³-hybridized carbons (Fsp3) is 0.250. The Morgan fingerprint density at radius 3 is 2.18 bits per heavy atom. The van der Waals surface area contributed by atoms with Crippen molar-refractivity contribution in [2.75, 3.05) is 0 Å². The van der Waals surface area contributed by atoms with Crippen molar-refractivity contribution in [2.45, 2.75) is 12.5 Å². The lowest BCUT2D eigenvalue weighted by Crippen LogP contribution is -1.92. The zero-order valence-corrected chi connectivity index (χ0v) is 12.7. The lowest BCUT2D eigenvalue weighted by molar-refractivity contribution is 1.11. The second kappa shape index (κ2) is 4.81. The molecule has 0 spiro atoms. The largest absolute Gasteiger partial charge is 0.0618 e. The molecule has 0 aliphatic rings. The van der Waals surface area contributed by atoms with E-state index < -0.39 is 0 Å². The van der Waals surface area contributed by atoms with Gasteiger partial charge in [0.25, 0.3) is 0 Å². The second-order valence-corrected chi connectivity index (χ2v) is 5.77. The molecule has 0 aromatic heterocycles. The average molecular weight is 388 g/mol. The van der Waals surface area contributed by atoms with Gasteiger partial charge in [-0.25, -0.2) is 0 Å². The van der Waals surface area contributed by atoms with Gasteiger partial charge in [0.15, 0.2) is 0 Å². The van der Waals surface area contributed by atoms with Crippen LogP contribution in [-0.4, -0.2) is 10.2 Å². The predicted molar refractivity (Wildman–Crippen MR) is 70.3 cm³/mol. The Kier molecular flexibility index (Phi) is 4.36. The minimum absolute atomic E-state index is 1.27. The van der Waals surface area contributed by atoms with Gasteiger partial charge in [-0.05, 0) is 69.3 Å². The number of hydrogen-bond donors (Lipinski definition) is 0. The summed E-state index contributed by atoms with van der Waals surface area (Å²) >= 11 is 4.84. The molecule has 0 atom stereocenters. The number of hydrogen-bond acceptors (Lipinski definition) is 0. The van der Waals surface area contributed by atoms with Crippen LogP contribution in [0.3, 0.4) is 0 Å². The van der Waals surface area contributed by atoms with Gasteiger partial charge in [0.2, 0.25) is 0 Å². The van der Waals surface area contributed by atoms with Gasteiger partial charge in [-0.3, -0.25) is 0 Å². The van der Waals surface area contributed by atoms with Crippen molar-refractivity contribution in [1.82, 2.24) is 0 Å². The first-order valence-electron chi connectivity index (χ1n) is 3.68. The Bertz CT molecular complexity index is 228. The molecule has 0 radical (unpaired) electrons. The Hall–Kier alpha value is 0.897. The highest BCUT2D eigenvalue weighted by Crippen LogP contribution is 2.19. The van der Waals surface area contributed by atoms with Crippen molar-refractivity contribution >= 4 is 55.4 Å². The summed E-state index contributed by atoms with van der Waals surface area (Å²) in [6.07, 6.45) is 1.27. The lowest BCUT2D eigenvalue weighted by Gasteiger charge is -2.04. The molecule has 0 saturated carbocycles. The van der Waals surface area contributed by atoms with Crippen molar-refractivity contribution in [3.63, 3.8) is 0 Å². The van der Waals surface area contributed by atoms with E-state index in [9.17, 15) is 0 Å². The fourth-order valence-corrected chi connectivity index (χ4v) is 3.57. The fourth-order valence-electron chi connectivity index (χ4n) is 1.02. The summed E-state index contributed by atoms with van der Waals surface area (Å²) in [4.78, 5) is 0. The maximum absolute atomic E-state index is 2.42. The first-order valence-corrected chi connectivity index (χ1v) is 7.25. The highest BCUT2D eigenvalue weighted by Gasteiger charge is 2.01. The van der Waals surface area contributed by atoms with Crippen LogP contribution in [0, 0.1) is 7.14 Å². The number of benzene rings is 1. The van der Waals surface area contributed by atoms with Crippen molar-refractivity contribution < 1.29 is 0 Å². The van der Waals surface area contributed by atoms with E-state index in [4.69, 9.17) is 0 Å². The van der Waals surface area contributed by atoms with Crippen LogP contribution in [0.1, 0.15) is 5.56 Å². The van der Waals surface area contributed by atoms with Crippen LogP contribution in [0.15, 0.2) is 18.2 Å². The lowest BCUT2D eigenvalue weighted by atomic mass is 10.2. The molecule has 11 heavy (non-hydrogen) atoms. The van der Waals surface area contributed by atoms with Crippen LogP contribution in [0.25, 0.3) is 0 Å². The summed E-state index contributed by atoms with van der Waals surface area (Å²) in [5, 5.41) is 0. The molecule has 0 heterocycles. The van der Waals surface area contributed by atoms with Gasteiger partial charge in [0.05, 0.1) is 0 Å². The third kappa shape index (κ3) is 2.69. The molecular weight excluding hydrogens is 378 g/mol. The summed E-state index contributed by atoms with van der Waals surface area (Å²) in [6, 6.07) is 7.88. The summed E-state index contributed by atoms with van der Waals surface area (Å²) in [5.74, 6) is 0. The SMILES string of the molecule is [SiH3]CCc1c(I)cccc1I. The van der Waals surface area contributed by atoms with E-state index in [0.717, 1.165) is 0 Å². The number of halogens is 2. The van der Waals surface area contributed by atoms with Crippen LogP contribution >= 0.6 is 45.2 Å². The zero-order valence-electron chi connectivity index (χ0n) is 6.40. The molecule has 0 fully saturated rings. The normalized spacial score (nSPS) is 10.4. The van der Waals surface area contributed by atoms with Gasteiger partial charge in [-0.15, -0.1) is 0 Å². The maximum Gasteiger partial charge on any atom is 0.0172 e. The highest BCUT2D eigenvalue weighted by atomic mass is 127. The molecule has 0 amide bonds. The first-order chi connectivity index (χ1) is 5.25. The van der Waals surface area contributed by atoms with Crippen molar-refractivity contribution in [3.05, 3.63) is 30.9 Å². The maximum atomic E-state index is 2.42. The van der Waals surface area contributed by atoms with Gasteiger partial charge >= 0.3 is 0 Å². The van der Waals surface area contributed by atoms with E-state index >= 15 is 0 Å². The highest BCUT2D eigenvalue weighted by molar-refractivity contribution is 14.1. The standard InChI is InChI=1S/C8H10I2Si/c9-7-2-1-3-8(10)6(7)4-5-11/h1-3H,4-5H2,11H3. The van der Waals surface area contributed by atoms with Crippen LogP contribution in [0.2, 0.25) is 6.04 Å². The van der Waals surface area contributed by atoms with Gasteiger partial charge < -0.3 is 0 Å². The summed E-state index contributed by atoms with van der Waals surface area (Å²) in [5.41, 5.74) is 1.55. The molecule has 0 unspecified atom stereocenters. The van der Waals surface area contributed by atoms with Crippen LogP contribution in [-0.2, 0) is 6.42 Å². The molecule has 0 nitrogen and oxygen atoms in total. The third-order valence-electron chi connectivity index (χ3n) is 1.56. The summed E-state index contributed by atoms with van der Waals surface area (Å²) < 4.78 is 2.84. The molecule has 0 saturated heterocycles. The third-order valence-corrected chi connectivity index (χ3v) is 4.08. The summed E-state index contributed by atoms with van der Waals surface area (Å²) in [6.45, 7) is 0. The van der Waals surface area contributed by atoms with Crippen molar-refractivity contribution in [2.24, 2.45) is 0 Å². The van der Waals surface area contributed by atoms with Crippen LogP contribution in [0.4, 0.5) is 0 Å². The molecule has 0 aliphatic carbocycles. The van der Waals surface area contributed by atoms with E-state index in [0.29, 0.717) is 0 Å². The molecule has 60 valence electrons. The Morgan fingerprint density at radius 2 is 1.73 bits per heavy atom. The molecule has 1 aromatic carbocycles. The quantitative estimate of drug-likeness (QED) is 0.539. The van der Waals surface area contributed by atoms with E-state index in [2.05, 4.69) is 63.4 Å². The van der Waals surface area contributed by atoms with Gasteiger partial charge in [-0.2, -0.15) is 0 Å². The van der Waals surface area contributed by atoms with Gasteiger partial charge in [-0.1, -0.05) is 12.1 Å². The minimum Gasteiger partial charge on any atom is -0.0618 e. The predicted octanol–water partition coefficient (Wildman–Crippen LogP) is 2.22. The minimum atomic E-state index is 1.27. The Balaban J connectivity index is 3.00. The van der Waals surface area contributed by atoms with Gasteiger partial charge in [0.1, 0.15) is 0 Å². The molecule has 0 bridgehead atoms. The molecular formula is C8H10I2Si. The Labute approximate surface area is 97.9 Å². The molecule has 3 heteroatoms. The Morgan fingerprint density at radius 1 is 1.18 bits per heavy atom. The van der Waals surface area contributed by atoms with E-state index in [1.54, 1.807) is 5.56 Å². The van der Waals surface area contributed by atoms with E-state index in [1.165, 1.54) is 29.8 Å². The molecule has 1 rings (SSSR count). The zero-order chi connectivity index (χ0) is 8.27. The van der Waals surface area contributed by atoms with Crippen LogP contribution in [0.5, 0.6) is 0 Å².